The van der Waals surface area contributed by atoms with E-state index in [0.29, 0.717) is 19.2 Å². The maximum atomic E-state index is 13.0. The van der Waals surface area contributed by atoms with Gasteiger partial charge in [-0.05, 0) is 42.2 Å². The second kappa shape index (κ2) is 6.54. The van der Waals surface area contributed by atoms with Gasteiger partial charge in [0.25, 0.3) is 5.91 Å². The summed E-state index contributed by atoms with van der Waals surface area (Å²) in [6.45, 7) is 4.19. The fourth-order valence-corrected chi connectivity index (χ4v) is 3.56. The van der Waals surface area contributed by atoms with Crippen LogP contribution in [0.15, 0.2) is 42.5 Å². The van der Waals surface area contributed by atoms with Gasteiger partial charge < -0.3 is 15.0 Å². The summed E-state index contributed by atoms with van der Waals surface area (Å²) in [5.74, 6) is 0.130. The summed E-state index contributed by atoms with van der Waals surface area (Å²) in [5, 5.41) is 5.72. The first-order chi connectivity index (χ1) is 11.7. The first-order valence-electron chi connectivity index (χ1n) is 8.87. The zero-order chi connectivity index (χ0) is 16.5. The van der Waals surface area contributed by atoms with E-state index < -0.39 is 0 Å². The lowest BCUT2D eigenvalue weighted by atomic mass is 10.0. The molecule has 2 atom stereocenters. The number of nitrogens with zero attached hydrogens (tertiary/aromatic N) is 1. The predicted octanol–water partition coefficient (Wildman–Crippen LogP) is 2.88. The number of fused-ring (bicyclic) bond motifs is 1. The third-order valence-electron chi connectivity index (χ3n) is 5.07. The van der Waals surface area contributed by atoms with E-state index in [1.54, 1.807) is 0 Å². The molecule has 1 aliphatic heterocycles. The monoisotopic (exact) mass is 324 g/mol. The molecule has 4 heteroatoms. The average molecular weight is 324 g/mol. The van der Waals surface area contributed by atoms with Gasteiger partial charge in [-0.2, -0.15) is 0 Å². The molecule has 4 rings (SSSR count). The summed E-state index contributed by atoms with van der Waals surface area (Å²) < 4.78 is 5.70. The highest BCUT2D eigenvalue weighted by atomic mass is 16.5. The van der Waals surface area contributed by atoms with Gasteiger partial charge in [-0.25, -0.2) is 0 Å². The predicted molar refractivity (Wildman–Crippen MR) is 94.8 cm³/mol. The lowest BCUT2D eigenvalue weighted by Crippen LogP contribution is -2.50. The summed E-state index contributed by atoms with van der Waals surface area (Å²) in [7, 11) is 0. The molecule has 24 heavy (non-hydrogen) atoms. The highest BCUT2D eigenvalue weighted by molar-refractivity contribution is 5.84. The van der Waals surface area contributed by atoms with Gasteiger partial charge in [0.1, 0.15) is 6.10 Å². The standard InChI is InChI=1S/C20H24N2O2/c1-14(16-7-6-15-4-2-3-5-17(15)12-16)22(18-8-9-18)20(23)19-13-21-10-11-24-19/h2-7,12,14,18-19,21H,8-11,13H2,1H3/t14?,19-/m1/s1. The highest BCUT2D eigenvalue weighted by Gasteiger charge is 2.39. The summed E-state index contributed by atoms with van der Waals surface area (Å²) in [6, 6.07) is 15.3. The summed E-state index contributed by atoms with van der Waals surface area (Å²) in [4.78, 5) is 15.1. The largest absolute Gasteiger partial charge is 0.366 e. The minimum atomic E-state index is -0.345. The second-order valence-electron chi connectivity index (χ2n) is 6.82. The molecule has 0 aromatic heterocycles. The number of nitrogens with one attached hydrogen (secondary N) is 1. The molecular formula is C20H24N2O2. The summed E-state index contributed by atoms with van der Waals surface area (Å²) in [6.07, 6.45) is 1.86. The number of carbonyl (C=O) groups excluding carboxylic acids is 1. The molecule has 0 bridgehead atoms. The van der Waals surface area contributed by atoms with E-state index in [4.69, 9.17) is 4.74 Å². The van der Waals surface area contributed by atoms with Crippen LogP contribution in [0.2, 0.25) is 0 Å². The van der Waals surface area contributed by atoms with Crippen molar-refractivity contribution in [2.75, 3.05) is 19.7 Å². The maximum Gasteiger partial charge on any atom is 0.253 e. The van der Waals surface area contributed by atoms with Crippen molar-refractivity contribution < 1.29 is 9.53 Å². The summed E-state index contributed by atoms with van der Waals surface area (Å²) in [5.41, 5.74) is 1.19. The Labute approximate surface area is 142 Å². The van der Waals surface area contributed by atoms with Crippen molar-refractivity contribution in [2.24, 2.45) is 0 Å². The van der Waals surface area contributed by atoms with Crippen LogP contribution in [0.3, 0.4) is 0 Å². The van der Waals surface area contributed by atoms with Crippen LogP contribution < -0.4 is 5.32 Å². The smallest absolute Gasteiger partial charge is 0.253 e. The van der Waals surface area contributed by atoms with Gasteiger partial charge in [-0.15, -0.1) is 0 Å². The van der Waals surface area contributed by atoms with E-state index >= 15 is 0 Å². The fraction of sp³-hybridized carbons (Fsp3) is 0.450. The molecule has 0 spiro atoms. The molecule has 2 aromatic carbocycles. The van der Waals surface area contributed by atoms with E-state index in [9.17, 15) is 4.79 Å². The fourth-order valence-electron chi connectivity index (χ4n) is 3.56. The van der Waals surface area contributed by atoms with Crippen LogP contribution in [0.1, 0.15) is 31.4 Å². The number of hydrogen-bond acceptors (Lipinski definition) is 3. The molecular weight excluding hydrogens is 300 g/mol. The van der Waals surface area contributed by atoms with E-state index in [2.05, 4.69) is 59.6 Å². The minimum Gasteiger partial charge on any atom is -0.366 e. The molecule has 1 saturated carbocycles. The van der Waals surface area contributed by atoms with Gasteiger partial charge in [0.2, 0.25) is 0 Å². The lowest BCUT2D eigenvalue weighted by molar-refractivity contribution is -0.148. The second-order valence-corrected chi connectivity index (χ2v) is 6.82. The van der Waals surface area contributed by atoms with E-state index in [0.717, 1.165) is 19.4 Å². The molecule has 2 aliphatic rings. The van der Waals surface area contributed by atoms with E-state index in [-0.39, 0.29) is 18.1 Å². The van der Waals surface area contributed by atoms with Crippen molar-refractivity contribution in [2.45, 2.75) is 38.0 Å². The third kappa shape index (κ3) is 3.04. The zero-order valence-electron chi connectivity index (χ0n) is 14.1. The zero-order valence-corrected chi connectivity index (χ0v) is 14.1. The third-order valence-corrected chi connectivity index (χ3v) is 5.07. The Morgan fingerprint density at radius 1 is 1.21 bits per heavy atom. The van der Waals surface area contributed by atoms with Crippen molar-refractivity contribution in [3.05, 3.63) is 48.0 Å². The Morgan fingerprint density at radius 3 is 2.71 bits per heavy atom. The molecule has 1 aliphatic carbocycles. The van der Waals surface area contributed by atoms with Crippen molar-refractivity contribution in [1.29, 1.82) is 0 Å². The molecule has 2 fully saturated rings. The molecule has 126 valence electrons. The normalized spacial score (nSPS) is 22.3. The lowest BCUT2D eigenvalue weighted by Gasteiger charge is -2.34. The maximum absolute atomic E-state index is 13.0. The molecule has 1 N–H and O–H groups in total. The number of carbonyl (C=O) groups is 1. The summed E-state index contributed by atoms with van der Waals surface area (Å²) >= 11 is 0. The molecule has 1 unspecified atom stereocenters. The SMILES string of the molecule is CC(c1ccc2ccccc2c1)N(C(=O)[C@H]1CNCCO1)C1CC1. The quantitative estimate of drug-likeness (QED) is 0.940. The first-order valence-corrected chi connectivity index (χ1v) is 8.87. The molecule has 2 aromatic rings. The number of morpholine rings is 1. The number of rotatable bonds is 4. The van der Waals surface area contributed by atoms with E-state index in [1.807, 2.05) is 0 Å². The van der Waals surface area contributed by atoms with Crippen molar-refractivity contribution in [3.63, 3.8) is 0 Å². The molecule has 1 amide bonds. The van der Waals surface area contributed by atoms with Crippen molar-refractivity contribution in [3.8, 4) is 0 Å². The number of amides is 1. The number of hydrogen-bond donors (Lipinski definition) is 1. The van der Waals surface area contributed by atoms with Gasteiger partial charge >= 0.3 is 0 Å². The molecule has 0 radical (unpaired) electrons. The number of ether oxygens (including phenoxy) is 1. The van der Waals surface area contributed by atoms with Crippen LogP contribution in [0.25, 0.3) is 10.8 Å². The first kappa shape index (κ1) is 15.6. The van der Waals surface area contributed by atoms with Gasteiger partial charge in [-0.3, -0.25) is 4.79 Å². The molecule has 1 saturated heterocycles. The minimum absolute atomic E-state index is 0.0696. The van der Waals surface area contributed by atoms with Crippen molar-refractivity contribution >= 4 is 16.7 Å². The topological polar surface area (TPSA) is 41.6 Å². The molecule has 1 heterocycles. The Hall–Kier alpha value is -1.91. The van der Waals surface area contributed by atoms with Crippen LogP contribution in [0, 0.1) is 0 Å². The van der Waals surface area contributed by atoms with Crippen LogP contribution in [-0.2, 0) is 9.53 Å². The Morgan fingerprint density at radius 2 is 2.00 bits per heavy atom. The Kier molecular flexibility index (Phi) is 4.25. The van der Waals surface area contributed by atoms with Gasteiger partial charge in [0.15, 0.2) is 0 Å². The van der Waals surface area contributed by atoms with E-state index in [1.165, 1.54) is 16.3 Å². The Bertz CT molecular complexity index is 735. The average Bonchev–Trinajstić information content (AvgIpc) is 3.47. The van der Waals surface area contributed by atoms with Crippen LogP contribution in [-0.4, -0.2) is 42.6 Å². The highest BCUT2D eigenvalue weighted by Crippen LogP contribution is 2.36. The van der Waals surface area contributed by atoms with Crippen LogP contribution in [0.4, 0.5) is 0 Å². The molecule has 4 nitrogen and oxygen atoms in total. The van der Waals surface area contributed by atoms with Crippen molar-refractivity contribution in [1.82, 2.24) is 10.2 Å². The van der Waals surface area contributed by atoms with Gasteiger partial charge in [0, 0.05) is 19.1 Å². The number of benzene rings is 2. The van der Waals surface area contributed by atoms with Gasteiger partial charge in [0.05, 0.1) is 12.6 Å². The van der Waals surface area contributed by atoms with Crippen LogP contribution >= 0.6 is 0 Å². The van der Waals surface area contributed by atoms with Crippen LogP contribution in [0.5, 0.6) is 0 Å². The Balaban J connectivity index is 1.60. The van der Waals surface area contributed by atoms with Gasteiger partial charge in [-0.1, -0.05) is 36.4 Å².